The van der Waals surface area contributed by atoms with Gasteiger partial charge < -0.3 is 17.2 Å². The number of nitrogens with two attached hydrogens (primary N) is 3. The van der Waals surface area contributed by atoms with Crippen molar-refractivity contribution in [2.75, 3.05) is 0 Å². The molecular weight excluding hydrogens is 246 g/mol. The number of hydrogen-bond donors (Lipinski definition) is 3. The fourth-order valence-electron chi connectivity index (χ4n) is 1.25. The molecule has 1 aromatic rings. The quantitative estimate of drug-likeness (QED) is 0.431. The van der Waals surface area contributed by atoms with Gasteiger partial charge in [0, 0.05) is 9.64 Å². The maximum atomic E-state index is 5.63. The van der Waals surface area contributed by atoms with Gasteiger partial charge in [-0.1, -0.05) is 32.9 Å². The molecule has 0 unspecified atom stereocenters. The molecular formula is C12H19N5S. The standard InChI is InChI=1S/C12H19N5S/c1-12(2,3)18-9-7-5-4-6-8(9)16-11(15)17-10(13)14/h4-7H,1-3H3,(H6,13,14,15,16,17). The summed E-state index contributed by atoms with van der Waals surface area (Å²) in [4.78, 5) is 8.95. The summed E-state index contributed by atoms with van der Waals surface area (Å²) in [5.41, 5.74) is 16.9. The summed E-state index contributed by atoms with van der Waals surface area (Å²) in [5.74, 6) is -0.0471. The van der Waals surface area contributed by atoms with Crippen LogP contribution in [0.1, 0.15) is 20.8 Å². The van der Waals surface area contributed by atoms with Crippen molar-refractivity contribution < 1.29 is 0 Å². The third-order valence-corrected chi connectivity index (χ3v) is 2.94. The molecule has 0 bridgehead atoms. The van der Waals surface area contributed by atoms with Gasteiger partial charge in [-0.25, -0.2) is 4.99 Å². The molecule has 0 aliphatic carbocycles. The van der Waals surface area contributed by atoms with E-state index in [1.165, 1.54) is 0 Å². The Labute approximate surface area is 112 Å². The van der Waals surface area contributed by atoms with Crippen molar-refractivity contribution in [3.63, 3.8) is 0 Å². The minimum absolute atomic E-state index is 0.0527. The van der Waals surface area contributed by atoms with Crippen LogP contribution in [0, 0.1) is 0 Å². The molecule has 6 heteroatoms. The Morgan fingerprint density at radius 3 is 2.28 bits per heavy atom. The van der Waals surface area contributed by atoms with Crippen LogP contribution in [0.15, 0.2) is 39.1 Å². The Balaban J connectivity index is 3.06. The molecule has 0 saturated carbocycles. The summed E-state index contributed by atoms with van der Waals surface area (Å²) < 4.78 is 0.0938. The first-order valence-electron chi connectivity index (χ1n) is 5.50. The number of nitrogens with zero attached hydrogens (tertiary/aromatic N) is 2. The summed E-state index contributed by atoms with van der Waals surface area (Å²) in [7, 11) is 0. The van der Waals surface area contributed by atoms with E-state index < -0.39 is 0 Å². The first-order chi connectivity index (χ1) is 8.28. The zero-order valence-corrected chi connectivity index (χ0v) is 11.7. The number of hydrogen-bond acceptors (Lipinski definition) is 2. The van der Waals surface area contributed by atoms with Crippen LogP contribution >= 0.6 is 11.8 Å². The van der Waals surface area contributed by atoms with E-state index in [-0.39, 0.29) is 16.7 Å². The van der Waals surface area contributed by atoms with E-state index in [2.05, 4.69) is 30.8 Å². The van der Waals surface area contributed by atoms with Crippen molar-refractivity contribution >= 4 is 29.4 Å². The van der Waals surface area contributed by atoms with E-state index in [4.69, 9.17) is 17.2 Å². The van der Waals surface area contributed by atoms with Crippen molar-refractivity contribution in [3.8, 4) is 0 Å². The Morgan fingerprint density at radius 2 is 1.72 bits per heavy atom. The second kappa shape index (κ2) is 5.77. The minimum atomic E-state index is -0.0998. The fourth-order valence-corrected chi connectivity index (χ4v) is 2.27. The molecule has 0 saturated heterocycles. The van der Waals surface area contributed by atoms with E-state index in [1.807, 2.05) is 24.3 Å². The minimum Gasteiger partial charge on any atom is -0.370 e. The summed E-state index contributed by atoms with van der Waals surface area (Å²) in [6, 6.07) is 7.74. The lowest BCUT2D eigenvalue weighted by molar-refractivity contribution is 0.803. The zero-order chi connectivity index (χ0) is 13.8. The van der Waals surface area contributed by atoms with E-state index in [1.54, 1.807) is 11.8 Å². The van der Waals surface area contributed by atoms with Gasteiger partial charge >= 0.3 is 0 Å². The SMILES string of the molecule is CC(C)(C)Sc1ccccc1N=C(N)N=C(N)N. The van der Waals surface area contributed by atoms with Gasteiger partial charge in [-0.05, 0) is 12.1 Å². The molecule has 0 atom stereocenters. The van der Waals surface area contributed by atoms with Crippen LogP contribution in [0.4, 0.5) is 5.69 Å². The molecule has 0 amide bonds. The lowest BCUT2D eigenvalue weighted by atomic mass is 10.3. The summed E-state index contributed by atoms with van der Waals surface area (Å²) in [5, 5.41) is 0. The van der Waals surface area contributed by atoms with E-state index in [9.17, 15) is 0 Å². The molecule has 0 fully saturated rings. The van der Waals surface area contributed by atoms with Crippen LogP contribution in [-0.4, -0.2) is 16.7 Å². The molecule has 98 valence electrons. The Bertz CT molecular complexity index is 470. The smallest absolute Gasteiger partial charge is 0.223 e. The van der Waals surface area contributed by atoms with Crippen LogP contribution in [-0.2, 0) is 0 Å². The lowest BCUT2D eigenvalue weighted by Crippen LogP contribution is -2.26. The predicted octanol–water partition coefficient (Wildman–Crippen LogP) is 1.80. The zero-order valence-electron chi connectivity index (χ0n) is 10.8. The van der Waals surface area contributed by atoms with Gasteiger partial charge in [0.05, 0.1) is 5.69 Å². The molecule has 1 rings (SSSR count). The average molecular weight is 265 g/mol. The van der Waals surface area contributed by atoms with Crippen molar-refractivity contribution in [1.29, 1.82) is 0 Å². The van der Waals surface area contributed by atoms with Gasteiger partial charge in [0.15, 0.2) is 5.96 Å². The normalized spacial score (nSPS) is 12.3. The van der Waals surface area contributed by atoms with Crippen molar-refractivity contribution in [2.24, 2.45) is 27.2 Å². The first-order valence-corrected chi connectivity index (χ1v) is 6.31. The van der Waals surface area contributed by atoms with Gasteiger partial charge in [0.1, 0.15) is 0 Å². The van der Waals surface area contributed by atoms with Crippen LogP contribution in [0.5, 0.6) is 0 Å². The largest absolute Gasteiger partial charge is 0.370 e. The summed E-state index contributed by atoms with van der Waals surface area (Å²) in [6.45, 7) is 6.41. The monoisotopic (exact) mass is 265 g/mol. The highest BCUT2D eigenvalue weighted by molar-refractivity contribution is 8.00. The number of rotatable bonds is 2. The van der Waals surface area contributed by atoms with E-state index >= 15 is 0 Å². The maximum Gasteiger partial charge on any atom is 0.223 e. The summed E-state index contributed by atoms with van der Waals surface area (Å²) in [6.07, 6.45) is 0. The van der Waals surface area contributed by atoms with Crippen molar-refractivity contribution in [3.05, 3.63) is 24.3 Å². The first kappa shape index (κ1) is 14.4. The molecule has 5 nitrogen and oxygen atoms in total. The number of para-hydroxylation sites is 1. The van der Waals surface area contributed by atoms with Gasteiger partial charge in [-0.15, -0.1) is 11.8 Å². The van der Waals surface area contributed by atoms with Crippen molar-refractivity contribution in [2.45, 2.75) is 30.4 Å². The fraction of sp³-hybridized carbons (Fsp3) is 0.333. The summed E-state index contributed by atoms with van der Waals surface area (Å²) >= 11 is 1.71. The highest BCUT2D eigenvalue weighted by Crippen LogP contribution is 2.37. The van der Waals surface area contributed by atoms with E-state index in [0.29, 0.717) is 0 Å². The number of guanidine groups is 2. The molecule has 0 aromatic heterocycles. The van der Waals surface area contributed by atoms with Crippen LogP contribution in [0.3, 0.4) is 0 Å². The van der Waals surface area contributed by atoms with Crippen LogP contribution in [0.25, 0.3) is 0 Å². The van der Waals surface area contributed by atoms with Gasteiger partial charge in [0.25, 0.3) is 0 Å². The Morgan fingerprint density at radius 1 is 1.11 bits per heavy atom. The van der Waals surface area contributed by atoms with Gasteiger partial charge in [-0.3, -0.25) is 0 Å². The molecule has 0 radical (unpaired) electrons. The molecule has 0 aliphatic heterocycles. The Kier molecular flexibility index (Phi) is 4.61. The molecule has 0 heterocycles. The van der Waals surface area contributed by atoms with Crippen LogP contribution in [0.2, 0.25) is 0 Å². The van der Waals surface area contributed by atoms with Gasteiger partial charge in [0.2, 0.25) is 5.96 Å². The topological polar surface area (TPSA) is 103 Å². The van der Waals surface area contributed by atoms with Gasteiger partial charge in [-0.2, -0.15) is 4.99 Å². The second-order valence-electron chi connectivity index (χ2n) is 4.69. The second-order valence-corrected chi connectivity index (χ2v) is 6.56. The number of benzene rings is 1. The molecule has 0 aliphatic rings. The third kappa shape index (κ3) is 5.09. The Hall–Kier alpha value is -1.69. The number of aliphatic imine (C=N–C) groups is 2. The van der Waals surface area contributed by atoms with Crippen LogP contribution < -0.4 is 17.2 Å². The third-order valence-electron chi connectivity index (χ3n) is 1.76. The molecule has 0 spiro atoms. The highest BCUT2D eigenvalue weighted by Gasteiger charge is 2.14. The van der Waals surface area contributed by atoms with E-state index in [0.717, 1.165) is 10.6 Å². The lowest BCUT2D eigenvalue weighted by Gasteiger charge is -2.18. The van der Waals surface area contributed by atoms with Crippen molar-refractivity contribution in [1.82, 2.24) is 0 Å². The number of thioether (sulfide) groups is 1. The maximum absolute atomic E-state index is 5.63. The molecule has 18 heavy (non-hydrogen) atoms. The highest BCUT2D eigenvalue weighted by atomic mass is 32.2. The average Bonchev–Trinajstić information content (AvgIpc) is 2.17. The molecule has 6 N–H and O–H groups in total. The predicted molar refractivity (Wildman–Crippen MR) is 79.1 cm³/mol. The molecule has 1 aromatic carbocycles.